The van der Waals surface area contributed by atoms with Crippen LogP contribution in [0.1, 0.15) is 24.1 Å². The van der Waals surface area contributed by atoms with Crippen molar-refractivity contribution in [1.82, 2.24) is 10.6 Å². The van der Waals surface area contributed by atoms with Crippen molar-refractivity contribution in [1.29, 1.82) is 0 Å². The summed E-state index contributed by atoms with van der Waals surface area (Å²) in [4.78, 5) is 12.6. The van der Waals surface area contributed by atoms with E-state index in [-0.39, 0.29) is 5.91 Å². The van der Waals surface area contributed by atoms with Gasteiger partial charge in [0.25, 0.3) is 0 Å². The zero-order valence-electron chi connectivity index (χ0n) is 11.5. The minimum absolute atomic E-state index is 0.0865. The number of carbonyl (C=O) groups excluding carboxylic acids is 1. The van der Waals surface area contributed by atoms with Crippen LogP contribution in [0.15, 0.2) is 17.5 Å². The van der Waals surface area contributed by atoms with Crippen LogP contribution < -0.4 is 10.6 Å². The molecule has 6 heteroatoms. The summed E-state index contributed by atoms with van der Waals surface area (Å²) in [5.74, 6) is 0.0865. The van der Waals surface area contributed by atoms with E-state index in [0.29, 0.717) is 38.8 Å². The monoisotopic (exact) mass is 298 g/mol. The second-order valence-corrected chi connectivity index (χ2v) is 6.08. The van der Waals surface area contributed by atoms with Gasteiger partial charge in [-0.15, -0.1) is 11.3 Å². The largest absolute Gasteiger partial charge is 0.389 e. The van der Waals surface area contributed by atoms with Gasteiger partial charge in [0.1, 0.15) is 0 Å². The lowest BCUT2D eigenvalue weighted by molar-refractivity contribution is -0.121. The van der Waals surface area contributed by atoms with E-state index in [2.05, 4.69) is 10.6 Å². The number of rotatable bonds is 10. The Balaban J connectivity index is 1.43. The SMILES string of the molecule is O=C(CCNCC(O)COCc1cccs1)NC1CC1. The maximum absolute atomic E-state index is 11.4. The van der Waals surface area contributed by atoms with Crippen molar-refractivity contribution in [3.63, 3.8) is 0 Å². The number of aliphatic hydroxyl groups excluding tert-OH is 1. The Morgan fingerprint density at radius 1 is 1.55 bits per heavy atom. The van der Waals surface area contributed by atoms with E-state index in [0.717, 1.165) is 17.7 Å². The van der Waals surface area contributed by atoms with Gasteiger partial charge >= 0.3 is 0 Å². The lowest BCUT2D eigenvalue weighted by Gasteiger charge is -2.12. The standard InChI is InChI=1S/C14H22N2O3S/c17-12(9-19-10-13-2-1-7-20-13)8-15-6-5-14(18)16-11-3-4-11/h1-2,7,11-12,15,17H,3-6,8-10H2,(H,16,18). The van der Waals surface area contributed by atoms with Crippen molar-refractivity contribution in [2.75, 3.05) is 19.7 Å². The van der Waals surface area contributed by atoms with Gasteiger partial charge in [0.15, 0.2) is 0 Å². The van der Waals surface area contributed by atoms with Crippen LogP contribution in [0.2, 0.25) is 0 Å². The molecule has 1 aromatic heterocycles. The molecule has 0 aliphatic heterocycles. The minimum atomic E-state index is -0.540. The predicted octanol–water partition coefficient (Wildman–Crippen LogP) is 0.884. The number of aliphatic hydroxyl groups is 1. The van der Waals surface area contributed by atoms with Crippen molar-refractivity contribution >= 4 is 17.2 Å². The van der Waals surface area contributed by atoms with Crippen LogP contribution in [0.5, 0.6) is 0 Å². The van der Waals surface area contributed by atoms with Crippen LogP contribution in [0.4, 0.5) is 0 Å². The molecule has 1 fully saturated rings. The average Bonchev–Trinajstić information content (AvgIpc) is 3.07. The van der Waals surface area contributed by atoms with E-state index in [1.54, 1.807) is 11.3 Å². The smallest absolute Gasteiger partial charge is 0.221 e. The fourth-order valence-electron chi connectivity index (χ4n) is 1.75. The van der Waals surface area contributed by atoms with E-state index >= 15 is 0 Å². The summed E-state index contributed by atoms with van der Waals surface area (Å²) in [6, 6.07) is 4.40. The molecule has 1 atom stereocenters. The zero-order chi connectivity index (χ0) is 14.2. The summed E-state index contributed by atoms with van der Waals surface area (Å²) in [6.45, 7) is 1.87. The van der Waals surface area contributed by atoms with Gasteiger partial charge in [-0.05, 0) is 24.3 Å². The molecule has 1 saturated carbocycles. The molecule has 5 nitrogen and oxygen atoms in total. The molecule has 1 heterocycles. The lowest BCUT2D eigenvalue weighted by atomic mass is 10.3. The van der Waals surface area contributed by atoms with Gasteiger partial charge in [0.05, 0.1) is 19.3 Å². The number of ether oxygens (including phenoxy) is 1. The van der Waals surface area contributed by atoms with Gasteiger partial charge in [0.2, 0.25) is 5.91 Å². The molecule has 3 N–H and O–H groups in total. The van der Waals surface area contributed by atoms with E-state index in [9.17, 15) is 9.90 Å². The van der Waals surface area contributed by atoms with Crippen LogP contribution in [-0.2, 0) is 16.1 Å². The van der Waals surface area contributed by atoms with Crippen LogP contribution in [0, 0.1) is 0 Å². The van der Waals surface area contributed by atoms with Gasteiger partial charge in [0, 0.05) is 30.4 Å². The number of carbonyl (C=O) groups is 1. The summed E-state index contributed by atoms with van der Waals surface area (Å²) in [5.41, 5.74) is 0. The molecule has 1 unspecified atom stereocenters. The number of hydrogen-bond acceptors (Lipinski definition) is 5. The highest BCUT2D eigenvalue weighted by Crippen LogP contribution is 2.18. The molecule has 1 amide bonds. The molecule has 0 saturated heterocycles. The Hall–Kier alpha value is -0.950. The topological polar surface area (TPSA) is 70.6 Å². The number of thiophene rings is 1. The molecule has 1 aromatic rings. The number of nitrogens with one attached hydrogen (secondary N) is 2. The first-order valence-corrected chi connectivity index (χ1v) is 7.90. The van der Waals surface area contributed by atoms with Gasteiger partial charge in [-0.1, -0.05) is 6.07 Å². The number of amides is 1. The first-order valence-electron chi connectivity index (χ1n) is 7.02. The highest BCUT2D eigenvalue weighted by atomic mass is 32.1. The van der Waals surface area contributed by atoms with Crippen molar-refractivity contribution in [2.45, 2.75) is 38.0 Å². The lowest BCUT2D eigenvalue weighted by Crippen LogP contribution is -2.34. The molecule has 1 aliphatic carbocycles. The van der Waals surface area contributed by atoms with Crippen LogP contribution in [0.3, 0.4) is 0 Å². The van der Waals surface area contributed by atoms with Gasteiger partial charge in [-0.3, -0.25) is 4.79 Å². The Kier molecular flexibility index (Phi) is 6.46. The molecular weight excluding hydrogens is 276 g/mol. The first kappa shape index (κ1) is 15.4. The minimum Gasteiger partial charge on any atom is -0.389 e. The Bertz CT molecular complexity index is 393. The van der Waals surface area contributed by atoms with E-state index < -0.39 is 6.10 Å². The fourth-order valence-corrected chi connectivity index (χ4v) is 2.39. The first-order chi connectivity index (χ1) is 9.74. The van der Waals surface area contributed by atoms with E-state index in [4.69, 9.17) is 4.74 Å². The molecule has 0 aromatic carbocycles. The molecule has 1 aliphatic rings. The molecule has 0 bridgehead atoms. The third kappa shape index (κ3) is 6.47. The number of hydrogen-bond donors (Lipinski definition) is 3. The maximum Gasteiger partial charge on any atom is 0.221 e. The predicted molar refractivity (Wildman–Crippen MR) is 78.6 cm³/mol. The molecule has 112 valence electrons. The second kappa shape index (κ2) is 8.36. The van der Waals surface area contributed by atoms with E-state index in [1.807, 2.05) is 17.5 Å². The molecule has 2 rings (SSSR count). The highest BCUT2D eigenvalue weighted by Gasteiger charge is 2.22. The third-order valence-electron chi connectivity index (χ3n) is 2.99. The molecule has 0 spiro atoms. The van der Waals surface area contributed by atoms with Crippen molar-refractivity contribution < 1.29 is 14.6 Å². The summed E-state index contributed by atoms with van der Waals surface area (Å²) in [5, 5.41) is 17.7. The van der Waals surface area contributed by atoms with Gasteiger partial charge in [-0.2, -0.15) is 0 Å². The van der Waals surface area contributed by atoms with Crippen LogP contribution >= 0.6 is 11.3 Å². The van der Waals surface area contributed by atoms with Gasteiger partial charge in [-0.25, -0.2) is 0 Å². The van der Waals surface area contributed by atoms with Crippen molar-refractivity contribution in [3.8, 4) is 0 Å². The molecule has 20 heavy (non-hydrogen) atoms. The van der Waals surface area contributed by atoms with Crippen molar-refractivity contribution in [2.24, 2.45) is 0 Å². The summed E-state index contributed by atoms with van der Waals surface area (Å²) >= 11 is 1.64. The van der Waals surface area contributed by atoms with E-state index in [1.165, 1.54) is 0 Å². The van der Waals surface area contributed by atoms with Crippen molar-refractivity contribution in [3.05, 3.63) is 22.4 Å². The quantitative estimate of drug-likeness (QED) is 0.561. The molecule has 0 radical (unpaired) electrons. The van der Waals surface area contributed by atoms with Crippen LogP contribution in [0.25, 0.3) is 0 Å². The Morgan fingerprint density at radius 2 is 2.40 bits per heavy atom. The Morgan fingerprint density at radius 3 is 3.10 bits per heavy atom. The van der Waals surface area contributed by atoms with Crippen LogP contribution in [-0.4, -0.2) is 42.9 Å². The Labute approximate surface area is 123 Å². The summed E-state index contributed by atoms with van der Waals surface area (Å²) in [6.07, 6.45) is 2.14. The van der Waals surface area contributed by atoms with Gasteiger partial charge < -0.3 is 20.5 Å². The fraction of sp³-hybridized carbons (Fsp3) is 0.643. The third-order valence-corrected chi connectivity index (χ3v) is 3.84. The second-order valence-electron chi connectivity index (χ2n) is 5.04. The average molecular weight is 298 g/mol. The summed E-state index contributed by atoms with van der Waals surface area (Å²) in [7, 11) is 0. The zero-order valence-corrected chi connectivity index (χ0v) is 12.3. The summed E-state index contributed by atoms with van der Waals surface area (Å²) < 4.78 is 5.42. The normalized spacial score (nSPS) is 16.1. The maximum atomic E-state index is 11.4. The molecular formula is C14H22N2O3S. The highest BCUT2D eigenvalue weighted by molar-refractivity contribution is 7.09.